The van der Waals surface area contributed by atoms with Gasteiger partial charge in [-0.2, -0.15) is 5.10 Å². The molecule has 0 saturated carbocycles. The van der Waals surface area contributed by atoms with Crippen molar-refractivity contribution in [2.75, 3.05) is 32.5 Å². The van der Waals surface area contributed by atoms with E-state index in [0.29, 0.717) is 0 Å². The standard InChI is InChI=1S/C18H20N4OS/c1-21-8-3-10-23-15-5-2-4-14(12-15)16-13-19-17-6-7-18(20-22(16)17)24-11-9-21/h2,4-7,12-13H,3,8-11H2,1H3. The highest BCUT2D eigenvalue weighted by Crippen LogP contribution is 2.26. The molecule has 124 valence electrons. The summed E-state index contributed by atoms with van der Waals surface area (Å²) < 4.78 is 7.84. The van der Waals surface area contributed by atoms with Crippen molar-refractivity contribution >= 4 is 17.4 Å². The van der Waals surface area contributed by atoms with Crippen LogP contribution in [0.1, 0.15) is 6.42 Å². The van der Waals surface area contributed by atoms with Crippen LogP contribution in [0.3, 0.4) is 0 Å². The zero-order chi connectivity index (χ0) is 16.4. The fourth-order valence-electron chi connectivity index (χ4n) is 2.82. The second-order valence-corrected chi connectivity index (χ2v) is 7.08. The Balaban J connectivity index is 1.76. The number of thioether (sulfide) groups is 1. The molecule has 6 heteroatoms. The normalized spacial score (nSPS) is 16.5. The third-order valence-electron chi connectivity index (χ3n) is 4.14. The van der Waals surface area contributed by atoms with Gasteiger partial charge in [-0.15, -0.1) is 11.8 Å². The molecule has 3 heterocycles. The van der Waals surface area contributed by atoms with E-state index in [0.717, 1.165) is 59.6 Å². The fraction of sp³-hybridized carbons (Fsp3) is 0.333. The van der Waals surface area contributed by atoms with E-state index in [-0.39, 0.29) is 0 Å². The quantitative estimate of drug-likeness (QED) is 0.629. The third-order valence-corrected chi connectivity index (χ3v) is 5.04. The van der Waals surface area contributed by atoms with Crippen LogP contribution < -0.4 is 4.74 Å². The van der Waals surface area contributed by atoms with Crippen LogP contribution in [0.25, 0.3) is 16.9 Å². The van der Waals surface area contributed by atoms with E-state index in [9.17, 15) is 0 Å². The number of fused-ring (bicyclic) bond motifs is 4. The molecule has 24 heavy (non-hydrogen) atoms. The van der Waals surface area contributed by atoms with Gasteiger partial charge in [-0.3, -0.25) is 0 Å². The van der Waals surface area contributed by atoms with E-state index in [1.807, 2.05) is 35.0 Å². The number of hydrogen-bond acceptors (Lipinski definition) is 5. The Hall–Kier alpha value is -2.05. The summed E-state index contributed by atoms with van der Waals surface area (Å²) in [5, 5.41) is 5.79. The lowest BCUT2D eigenvalue weighted by Gasteiger charge is -2.16. The average molecular weight is 340 g/mol. The van der Waals surface area contributed by atoms with Gasteiger partial charge < -0.3 is 9.64 Å². The van der Waals surface area contributed by atoms with Crippen LogP contribution in [0, 0.1) is 0 Å². The van der Waals surface area contributed by atoms with Gasteiger partial charge in [-0.1, -0.05) is 12.1 Å². The summed E-state index contributed by atoms with van der Waals surface area (Å²) in [6, 6.07) is 12.2. The maximum atomic E-state index is 5.92. The number of rotatable bonds is 0. The minimum Gasteiger partial charge on any atom is -0.494 e. The number of hydrogen-bond donors (Lipinski definition) is 0. The first kappa shape index (κ1) is 15.5. The highest BCUT2D eigenvalue weighted by atomic mass is 32.2. The predicted molar refractivity (Wildman–Crippen MR) is 96.8 cm³/mol. The predicted octanol–water partition coefficient (Wildman–Crippen LogP) is 3.20. The van der Waals surface area contributed by atoms with E-state index in [2.05, 4.69) is 29.1 Å². The number of benzene rings is 1. The molecule has 0 spiro atoms. The van der Waals surface area contributed by atoms with Gasteiger partial charge in [0.05, 0.1) is 18.5 Å². The van der Waals surface area contributed by atoms with Crippen molar-refractivity contribution in [1.29, 1.82) is 0 Å². The number of nitrogens with zero attached hydrogens (tertiary/aromatic N) is 4. The maximum absolute atomic E-state index is 5.92. The van der Waals surface area contributed by atoms with Crippen LogP contribution in [-0.2, 0) is 0 Å². The van der Waals surface area contributed by atoms with Crippen molar-refractivity contribution in [2.24, 2.45) is 0 Å². The number of imidazole rings is 1. The molecule has 0 saturated heterocycles. The summed E-state index contributed by atoms with van der Waals surface area (Å²) in [6.45, 7) is 2.81. The Morgan fingerprint density at radius 3 is 3.08 bits per heavy atom. The second-order valence-electron chi connectivity index (χ2n) is 5.97. The zero-order valence-electron chi connectivity index (χ0n) is 13.7. The molecule has 2 aromatic heterocycles. The molecule has 5 nitrogen and oxygen atoms in total. The summed E-state index contributed by atoms with van der Waals surface area (Å²) in [7, 11) is 2.16. The molecule has 0 atom stereocenters. The lowest BCUT2D eigenvalue weighted by molar-refractivity contribution is 0.269. The van der Waals surface area contributed by atoms with Crippen molar-refractivity contribution in [3.63, 3.8) is 0 Å². The maximum Gasteiger partial charge on any atom is 0.154 e. The molecular formula is C18H20N4OS. The third kappa shape index (κ3) is 3.25. The first-order valence-electron chi connectivity index (χ1n) is 8.19. The summed E-state index contributed by atoms with van der Waals surface area (Å²) >= 11 is 1.78. The van der Waals surface area contributed by atoms with Gasteiger partial charge in [-0.25, -0.2) is 9.50 Å². The van der Waals surface area contributed by atoms with Gasteiger partial charge in [0.15, 0.2) is 5.65 Å². The Morgan fingerprint density at radius 2 is 2.12 bits per heavy atom. The van der Waals surface area contributed by atoms with Crippen LogP contribution in [0.5, 0.6) is 5.75 Å². The van der Waals surface area contributed by atoms with E-state index in [1.165, 1.54) is 0 Å². The van der Waals surface area contributed by atoms with Crippen LogP contribution in [-0.4, -0.2) is 52.0 Å². The average Bonchev–Trinajstić information content (AvgIpc) is 3.01. The molecule has 0 fully saturated rings. The van der Waals surface area contributed by atoms with Gasteiger partial charge in [0.25, 0.3) is 0 Å². The summed E-state index contributed by atoms with van der Waals surface area (Å²) in [4.78, 5) is 6.81. The molecule has 4 bridgehead atoms. The van der Waals surface area contributed by atoms with E-state index < -0.39 is 0 Å². The van der Waals surface area contributed by atoms with Crippen LogP contribution in [0.4, 0.5) is 0 Å². The highest BCUT2D eigenvalue weighted by Gasteiger charge is 2.10. The Labute approximate surface area is 145 Å². The Bertz CT molecular complexity index is 848. The Kier molecular flexibility index (Phi) is 4.40. The molecular weight excluding hydrogens is 320 g/mol. The molecule has 0 radical (unpaired) electrons. The first-order valence-corrected chi connectivity index (χ1v) is 9.17. The zero-order valence-corrected chi connectivity index (χ0v) is 14.5. The van der Waals surface area contributed by atoms with E-state index in [4.69, 9.17) is 9.84 Å². The minimum absolute atomic E-state index is 0.731. The molecule has 1 aromatic carbocycles. The van der Waals surface area contributed by atoms with E-state index >= 15 is 0 Å². The monoisotopic (exact) mass is 340 g/mol. The summed E-state index contributed by atoms with van der Waals surface area (Å²) in [5.41, 5.74) is 2.92. The van der Waals surface area contributed by atoms with Gasteiger partial charge in [-0.05, 0) is 37.7 Å². The van der Waals surface area contributed by atoms with E-state index in [1.54, 1.807) is 11.8 Å². The molecule has 1 aliphatic heterocycles. The molecule has 4 rings (SSSR count). The highest BCUT2D eigenvalue weighted by molar-refractivity contribution is 7.99. The van der Waals surface area contributed by atoms with Crippen LogP contribution in [0.2, 0.25) is 0 Å². The van der Waals surface area contributed by atoms with Crippen molar-refractivity contribution in [2.45, 2.75) is 11.4 Å². The lowest BCUT2D eigenvalue weighted by Crippen LogP contribution is -2.23. The summed E-state index contributed by atoms with van der Waals surface area (Å²) in [5.74, 6) is 1.92. The second kappa shape index (κ2) is 6.83. The van der Waals surface area contributed by atoms with Crippen LogP contribution >= 0.6 is 11.8 Å². The minimum atomic E-state index is 0.731. The number of aromatic nitrogens is 3. The van der Waals surface area contributed by atoms with Gasteiger partial charge >= 0.3 is 0 Å². The van der Waals surface area contributed by atoms with Gasteiger partial charge in [0.1, 0.15) is 10.8 Å². The first-order chi connectivity index (χ1) is 11.8. The SMILES string of the molecule is CN1CCCOc2cccc(c2)-c2cnc3ccc(nn23)SCC1. The molecule has 1 aliphatic rings. The topological polar surface area (TPSA) is 42.7 Å². The van der Waals surface area contributed by atoms with Crippen molar-refractivity contribution in [3.05, 3.63) is 42.6 Å². The van der Waals surface area contributed by atoms with Crippen molar-refractivity contribution in [1.82, 2.24) is 19.5 Å². The molecule has 0 N–H and O–H groups in total. The molecule has 0 unspecified atom stereocenters. The molecule has 0 aliphatic carbocycles. The van der Waals surface area contributed by atoms with Gasteiger partial charge in [0, 0.05) is 24.4 Å². The molecule has 0 amide bonds. The molecule has 3 aromatic rings. The van der Waals surface area contributed by atoms with Crippen molar-refractivity contribution < 1.29 is 4.74 Å². The smallest absolute Gasteiger partial charge is 0.154 e. The summed E-state index contributed by atoms with van der Waals surface area (Å²) in [6.07, 6.45) is 2.90. The van der Waals surface area contributed by atoms with Crippen LogP contribution in [0.15, 0.2) is 47.6 Å². The van der Waals surface area contributed by atoms with Gasteiger partial charge in [0.2, 0.25) is 0 Å². The number of ether oxygens (including phenoxy) is 1. The largest absolute Gasteiger partial charge is 0.494 e. The lowest BCUT2D eigenvalue weighted by atomic mass is 10.1. The Morgan fingerprint density at radius 1 is 1.17 bits per heavy atom. The fourth-order valence-corrected chi connectivity index (χ4v) is 3.73. The van der Waals surface area contributed by atoms with Crippen molar-refractivity contribution in [3.8, 4) is 17.0 Å².